The lowest BCUT2D eigenvalue weighted by Crippen LogP contribution is -2.24. The van der Waals surface area contributed by atoms with Gasteiger partial charge < -0.3 is 5.32 Å². The summed E-state index contributed by atoms with van der Waals surface area (Å²) >= 11 is 7.75. The Morgan fingerprint density at radius 3 is 2.88 bits per heavy atom. The fourth-order valence-electron chi connectivity index (χ4n) is 2.57. The van der Waals surface area contributed by atoms with E-state index in [0.717, 1.165) is 21.2 Å². The topological polar surface area (TPSA) is 59.3 Å². The van der Waals surface area contributed by atoms with Crippen molar-refractivity contribution < 1.29 is 4.79 Å². The molecule has 1 amide bonds. The number of carbonyl (C=O) groups excluding carboxylic acids is 1. The molecule has 3 aromatic heterocycles. The highest BCUT2D eigenvalue weighted by Crippen LogP contribution is 2.24. The van der Waals surface area contributed by atoms with Crippen molar-refractivity contribution in [3.63, 3.8) is 0 Å². The fourth-order valence-corrected chi connectivity index (χ4v) is 3.74. The van der Waals surface area contributed by atoms with Gasteiger partial charge in [0.2, 0.25) is 5.91 Å². The van der Waals surface area contributed by atoms with Gasteiger partial charge in [0.1, 0.15) is 5.65 Å². The number of hydrogen-bond donors (Lipinski definition) is 1. The summed E-state index contributed by atoms with van der Waals surface area (Å²) < 4.78 is 1.84. The Morgan fingerprint density at radius 2 is 2.17 bits per heavy atom. The van der Waals surface area contributed by atoms with Crippen LogP contribution in [0.2, 0.25) is 5.15 Å². The highest BCUT2D eigenvalue weighted by molar-refractivity contribution is 7.11. The third-order valence-corrected chi connectivity index (χ3v) is 5.14. The van der Waals surface area contributed by atoms with Gasteiger partial charge in [-0.25, -0.2) is 9.97 Å². The van der Waals surface area contributed by atoms with E-state index < -0.39 is 0 Å². The van der Waals surface area contributed by atoms with E-state index in [1.165, 1.54) is 6.08 Å². The minimum Gasteiger partial charge on any atom is -0.345 e. The second-order valence-electron chi connectivity index (χ2n) is 5.46. The molecule has 0 fully saturated rings. The lowest BCUT2D eigenvalue weighted by Gasteiger charge is -2.11. The predicted molar refractivity (Wildman–Crippen MR) is 97.4 cm³/mol. The summed E-state index contributed by atoms with van der Waals surface area (Å²) in [6, 6.07) is 5.55. The average molecular weight is 361 g/mol. The zero-order chi connectivity index (χ0) is 17.3. The molecule has 124 valence electrons. The number of fused-ring (bicyclic) bond motifs is 1. The molecule has 0 aliphatic rings. The second-order valence-corrected chi connectivity index (χ2v) is 7.06. The summed E-state index contributed by atoms with van der Waals surface area (Å²) in [5.41, 5.74) is 2.38. The zero-order valence-electron chi connectivity index (χ0n) is 13.6. The van der Waals surface area contributed by atoms with Crippen molar-refractivity contribution in [1.82, 2.24) is 19.7 Å². The van der Waals surface area contributed by atoms with Crippen LogP contribution >= 0.6 is 22.9 Å². The molecule has 0 saturated carbocycles. The van der Waals surface area contributed by atoms with Crippen LogP contribution in [-0.4, -0.2) is 20.3 Å². The number of aromatic nitrogens is 3. The van der Waals surface area contributed by atoms with Gasteiger partial charge in [-0.05, 0) is 39.0 Å². The number of imidazole rings is 1. The van der Waals surface area contributed by atoms with Crippen molar-refractivity contribution >= 4 is 40.6 Å². The molecule has 0 unspecified atom stereocenters. The number of halogens is 1. The van der Waals surface area contributed by atoms with Crippen LogP contribution in [0.4, 0.5) is 0 Å². The molecule has 1 atom stereocenters. The smallest absolute Gasteiger partial charge is 0.244 e. The van der Waals surface area contributed by atoms with E-state index in [-0.39, 0.29) is 11.9 Å². The van der Waals surface area contributed by atoms with E-state index in [2.05, 4.69) is 15.3 Å². The van der Waals surface area contributed by atoms with Crippen LogP contribution in [0.25, 0.3) is 11.7 Å². The first-order valence-electron chi connectivity index (χ1n) is 7.51. The predicted octanol–water partition coefficient (Wildman–Crippen LogP) is 3.95. The van der Waals surface area contributed by atoms with Gasteiger partial charge >= 0.3 is 0 Å². The first kappa shape index (κ1) is 16.7. The van der Waals surface area contributed by atoms with E-state index in [1.807, 2.05) is 49.6 Å². The third kappa shape index (κ3) is 3.34. The molecule has 0 aliphatic carbocycles. The summed E-state index contributed by atoms with van der Waals surface area (Å²) in [5, 5.41) is 4.32. The van der Waals surface area contributed by atoms with Gasteiger partial charge in [-0.2, -0.15) is 0 Å². The summed E-state index contributed by atoms with van der Waals surface area (Å²) in [5.74, 6) is -0.185. The van der Waals surface area contributed by atoms with Crippen LogP contribution in [0.1, 0.15) is 34.2 Å². The minimum absolute atomic E-state index is 0.0917. The van der Waals surface area contributed by atoms with Gasteiger partial charge in [-0.3, -0.25) is 9.20 Å². The highest BCUT2D eigenvalue weighted by Gasteiger charge is 2.14. The number of thiazole rings is 1. The Kier molecular flexibility index (Phi) is 4.69. The molecule has 3 heterocycles. The largest absolute Gasteiger partial charge is 0.345 e. The minimum atomic E-state index is -0.185. The Balaban J connectivity index is 1.75. The van der Waals surface area contributed by atoms with E-state index in [9.17, 15) is 4.79 Å². The number of amides is 1. The first-order chi connectivity index (χ1) is 11.5. The normalized spacial score (nSPS) is 12.8. The Morgan fingerprint density at radius 1 is 1.38 bits per heavy atom. The average Bonchev–Trinajstić information content (AvgIpc) is 3.03. The van der Waals surface area contributed by atoms with E-state index in [4.69, 9.17) is 11.6 Å². The van der Waals surface area contributed by atoms with Crippen LogP contribution in [0.5, 0.6) is 0 Å². The Bertz CT molecular complexity index is 928. The van der Waals surface area contributed by atoms with Crippen molar-refractivity contribution in [3.8, 4) is 0 Å². The molecule has 3 rings (SSSR count). The molecule has 3 aromatic rings. The van der Waals surface area contributed by atoms with Crippen LogP contribution in [-0.2, 0) is 4.79 Å². The molecule has 0 spiro atoms. The number of nitrogens with one attached hydrogen (secondary N) is 1. The maximum absolute atomic E-state index is 12.2. The Hall–Kier alpha value is -2.18. The molecule has 0 saturated heterocycles. The SMILES string of the molecule is Cc1nc(C)c([C@H](C)NC(=O)/C=C\c2c(Cl)nc3ccccn23)s1. The van der Waals surface area contributed by atoms with E-state index in [1.54, 1.807) is 17.4 Å². The number of rotatable bonds is 4. The maximum atomic E-state index is 12.2. The Labute approximate surface area is 149 Å². The zero-order valence-corrected chi connectivity index (χ0v) is 15.1. The third-order valence-electron chi connectivity index (χ3n) is 3.61. The van der Waals surface area contributed by atoms with Gasteiger partial charge in [-0.1, -0.05) is 17.7 Å². The van der Waals surface area contributed by atoms with Gasteiger partial charge in [-0.15, -0.1) is 11.3 Å². The lowest BCUT2D eigenvalue weighted by atomic mass is 10.2. The van der Waals surface area contributed by atoms with Gasteiger partial charge in [0.25, 0.3) is 0 Å². The van der Waals surface area contributed by atoms with Crippen molar-refractivity contribution in [2.45, 2.75) is 26.8 Å². The van der Waals surface area contributed by atoms with Crippen molar-refractivity contribution in [1.29, 1.82) is 0 Å². The number of carbonyl (C=O) groups is 1. The molecule has 0 radical (unpaired) electrons. The van der Waals surface area contributed by atoms with Crippen LogP contribution < -0.4 is 5.32 Å². The maximum Gasteiger partial charge on any atom is 0.244 e. The first-order valence-corrected chi connectivity index (χ1v) is 8.70. The number of pyridine rings is 1. The summed E-state index contributed by atoms with van der Waals surface area (Å²) in [7, 11) is 0. The fraction of sp³-hybridized carbons (Fsp3) is 0.235. The summed E-state index contributed by atoms with van der Waals surface area (Å²) in [6.07, 6.45) is 5.01. The van der Waals surface area contributed by atoms with Crippen molar-refractivity contribution in [2.24, 2.45) is 0 Å². The van der Waals surface area contributed by atoms with Crippen molar-refractivity contribution in [3.05, 3.63) is 56.9 Å². The molecule has 1 N–H and O–H groups in total. The van der Waals surface area contributed by atoms with Crippen LogP contribution in [0, 0.1) is 13.8 Å². The molecule has 5 nitrogen and oxygen atoms in total. The monoisotopic (exact) mass is 360 g/mol. The molecule has 0 aliphatic heterocycles. The highest BCUT2D eigenvalue weighted by atomic mass is 35.5. The van der Waals surface area contributed by atoms with Gasteiger partial charge in [0.15, 0.2) is 5.15 Å². The van der Waals surface area contributed by atoms with E-state index in [0.29, 0.717) is 10.8 Å². The second kappa shape index (κ2) is 6.75. The molecule has 7 heteroatoms. The number of hydrogen-bond acceptors (Lipinski definition) is 4. The summed E-state index contributed by atoms with van der Waals surface area (Å²) in [4.78, 5) is 21.9. The van der Waals surface area contributed by atoms with E-state index >= 15 is 0 Å². The molecule has 0 aromatic carbocycles. The van der Waals surface area contributed by atoms with Gasteiger partial charge in [0.05, 0.1) is 22.4 Å². The standard InChI is InChI=1S/C17H17ClN4OS/c1-10-16(24-12(3)19-10)11(2)20-15(23)8-7-13-17(18)21-14-6-4-5-9-22(13)14/h4-9,11H,1-3H3,(H,20,23)/b8-7-/t11-/m0/s1. The quantitative estimate of drug-likeness (QED) is 0.716. The van der Waals surface area contributed by atoms with Crippen LogP contribution in [0.3, 0.4) is 0 Å². The summed E-state index contributed by atoms with van der Waals surface area (Å²) in [6.45, 7) is 5.87. The lowest BCUT2D eigenvalue weighted by molar-refractivity contribution is -0.117. The molecule has 0 bridgehead atoms. The molecular weight excluding hydrogens is 344 g/mol. The molecular formula is C17H17ClN4OS. The number of aryl methyl sites for hydroxylation is 2. The van der Waals surface area contributed by atoms with Gasteiger partial charge in [0, 0.05) is 17.2 Å². The number of nitrogens with zero attached hydrogens (tertiary/aromatic N) is 3. The van der Waals surface area contributed by atoms with Crippen molar-refractivity contribution in [2.75, 3.05) is 0 Å². The van der Waals surface area contributed by atoms with Crippen LogP contribution in [0.15, 0.2) is 30.5 Å². The molecule has 24 heavy (non-hydrogen) atoms.